The minimum atomic E-state index is -4.73. The standard InChI is InChI=1S/C14H5Cl5F4N2OS2/c1-28(26)12-10(27-14(18,19)23)6(4-24)11(17)25(12)9-7(15)2-5(3-8(9)16)13(20,21)22/h2-3H,1H3. The number of thioether (sulfide) groups is 1. The molecule has 3 nitrogen and oxygen atoms in total. The average Bonchev–Trinajstić information content (AvgIpc) is 2.76. The summed E-state index contributed by atoms with van der Waals surface area (Å²) in [6.45, 7) is 0. The molecule has 28 heavy (non-hydrogen) atoms. The molecule has 2 aromatic rings. The molecular formula is C14H5Cl5F4N2OS2. The second-order valence-corrected chi connectivity index (χ2v) is 10.4. The van der Waals surface area contributed by atoms with E-state index in [-0.39, 0.29) is 32.9 Å². The minimum absolute atomic E-state index is 0.133. The van der Waals surface area contributed by atoms with Gasteiger partial charge in [-0.2, -0.15) is 22.8 Å². The maximum absolute atomic E-state index is 13.8. The summed E-state index contributed by atoms with van der Waals surface area (Å²) in [6, 6.07) is 2.86. The largest absolute Gasteiger partial charge is 0.610 e. The van der Waals surface area contributed by atoms with Crippen LogP contribution in [-0.2, 0) is 17.4 Å². The van der Waals surface area contributed by atoms with Crippen LogP contribution in [0.4, 0.5) is 17.6 Å². The van der Waals surface area contributed by atoms with Crippen LogP contribution < -0.4 is 0 Å². The van der Waals surface area contributed by atoms with Crippen molar-refractivity contribution in [2.45, 2.75) is 20.0 Å². The third-order valence-corrected chi connectivity index (χ3v) is 6.49. The summed E-state index contributed by atoms with van der Waals surface area (Å²) in [5, 5.41) is 7.71. The highest BCUT2D eigenvalue weighted by molar-refractivity contribution is 8.03. The van der Waals surface area contributed by atoms with Crippen LogP contribution in [0.25, 0.3) is 5.69 Å². The Balaban J connectivity index is 2.89. The number of rotatable bonds is 4. The Morgan fingerprint density at radius 2 is 1.64 bits per heavy atom. The normalized spacial score (nSPS) is 13.5. The Morgan fingerprint density at radius 3 is 2.00 bits per heavy atom. The van der Waals surface area contributed by atoms with Crippen LogP contribution in [0.2, 0.25) is 15.2 Å². The van der Waals surface area contributed by atoms with Crippen molar-refractivity contribution in [1.29, 1.82) is 5.26 Å². The van der Waals surface area contributed by atoms with Gasteiger partial charge >= 0.3 is 10.1 Å². The second kappa shape index (κ2) is 8.52. The van der Waals surface area contributed by atoms with Crippen LogP contribution >= 0.6 is 69.8 Å². The molecule has 0 N–H and O–H groups in total. The van der Waals surface area contributed by atoms with Gasteiger partial charge < -0.3 is 4.55 Å². The molecule has 1 heterocycles. The molecule has 0 saturated carbocycles. The Morgan fingerprint density at radius 1 is 1.14 bits per heavy atom. The molecule has 0 radical (unpaired) electrons. The van der Waals surface area contributed by atoms with Crippen molar-refractivity contribution < 1.29 is 22.1 Å². The van der Waals surface area contributed by atoms with Crippen molar-refractivity contribution >= 4 is 80.9 Å². The van der Waals surface area contributed by atoms with E-state index in [1.807, 2.05) is 0 Å². The van der Waals surface area contributed by atoms with Crippen LogP contribution in [0.15, 0.2) is 22.1 Å². The van der Waals surface area contributed by atoms with E-state index in [1.165, 1.54) is 6.26 Å². The van der Waals surface area contributed by atoms with E-state index in [2.05, 4.69) is 0 Å². The topological polar surface area (TPSA) is 51.8 Å². The van der Waals surface area contributed by atoms with Crippen molar-refractivity contribution in [2.75, 3.05) is 6.26 Å². The molecule has 0 saturated heterocycles. The van der Waals surface area contributed by atoms with Gasteiger partial charge in [0.15, 0.2) is 0 Å². The van der Waals surface area contributed by atoms with Gasteiger partial charge in [-0.15, -0.1) is 0 Å². The Kier molecular flexibility index (Phi) is 7.33. The molecule has 0 aliphatic carbocycles. The molecule has 0 amide bonds. The van der Waals surface area contributed by atoms with Crippen LogP contribution in [0.1, 0.15) is 11.1 Å². The van der Waals surface area contributed by atoms with Gasteiger partial charge in [0, 0.05) is 11.2 Å². The van der Waals surface area contributed by atoms with Crippen LogP contribution in [-0.4, -0.2) is 19.3 Å². The van der Waals surface area contributed by atoms with E-state index in [9.17, 15) is 27.4 Å². The van der Waals surface area contributed by atoms with Gasteiger partial charge in [0.25, 0.3) is 0 Å². The van der Waals surface area contributed by atoms with Gasteiger partial charge in [-0.05, 0) is 23.9 Å². The summed E-state index contributed by atoms with van der Waals surface area (Å²) in [4.78, 5) is -0.270. The molecule has 1 atom stereocenters. The smallest absolute Gasteiger partial charge is 0.416 e. The van der Waals surface area contributed by atoms with Crippen molar-refractivity contribution in [2.24, 2.45) is 0 Å². The van der Waals surface area contributed by atoms with Gasteiger partial charge in [0.05, 0.1) is 21.3 Å². The number of hydrogen-bond donors (Lipinski definition) is 0. The zero-order valence-electron chi connectivity index (χ0n) is 13.2. The number of aromatic nitrogens is 1. The highest BCUT2D eigenvalue weighted by atomic mass is 35.5. The van der Waals surface area contributed by atoms with E-state index in [4.69, 9.17) is 58.0 Å². The molecule has 0 spiro atoms. The van der Waals surface area contributed by atoms with Crippen molar-refractivity contribution in [1.82, 2.24) is 4.57 Å². The van der Waals surface area contributed by atoms with Gasteiger partial charge in [0.2, 0.25) is 5.03 Å². The highest BCUT2D eigenvalue weighted by Crippen LogP contribution is 2.50. The maximum Gasteiger partial charge on any atom is 0.416 e. The van der Waals surface area contributed by atoms with Crippen molar-refractivity contribution in [3.8, 4) is 11.8 Å². The lowest BCUT2D eigenvalue weighted by atomic mass is 10.2. The quantitative estimate of drug-likeness (QED) is 0.180. The first-order valence-electron chi connectivity index (χ1n) is 6.69. The Labute approximate surface area is 188 Å². The lowest BCUT2D eigenvalue weighted by Crippen LogP contribution is -2.11. The van der Waals surface area contributed by atoms with Crippen LogP contribution in [0, 0.1) is 11.3 Å². The number of halogens is 9. The first-order chi connectivity index (χ1) is 12.7. The third-order valence-electron chi connectivity index (χ3n) is 3.20. The molecular weight excluding hydrogens is 530 g/mol. The number of nitrogens with zero attached hydrogens (tertiary/aromatic N) is 2. The Hall–Kier alpha value is -0.180. The van der Waals surface area contributed by atoms with Gasteiger partial charge in [0.1, 0.15) is 27.9 Å². The molecule has 1 aromatic heterocycles. The fraction of sp³-hybridized carbons (Fsp3) is 0.214. The van der Waals surface area contributed by atoms with Crippen molar-refractivity contribution in [3.63, 3.8) is 0 Å². The molecule has 1 unspecified atom stereocenters. The van der Waals surface area contributed by atoms with Gasteiger partial charge in [-0.3, -0.25) is 4.57 Å². The lowest BCUT2D eigenvalue weighted by molar-refractivity contribution is -0.137. The van der Waals surface area contributed by atoms with E-state index in [0.717, 1.165) is 4.57 Å². The zero-order chi connectivity index (χ0) is 21.6. The summed E-state index contributed by atoms with van der Waals surface area (Å²) >= 11 is 27.0. The van der Waals surface area contributed by atoms with Crippen LogP contribution in [0.3, 0.4) is 0 Å². The molecule has 1 aromatic carbocycles. The minimum Gasteiger partial charge on any atom is -0.610 e. The average molecular weight is 535 g/mol. The van der Waals surface area contributed by atoms with Gasteiger partial charge in [-0.25, -0.2) is 0 Å². The first-order valence-corrected chi connectivity index (χ1v) is 11.0. The van der Waals surface area contributed by atoms with Crippen LogP contribution in [0.5, 0.6) is 0 Å². The van der Waals surface area contributed by atoms with E-state index in [1.54, 1.807) is 6.07 Å². The Bertz CT molecular complexity index is 944. The monoisotopic (exact) mass is 532 g/mol. The highest BCUT2D eigenvalue weighted by Gasteiger charge is 2.38. The summed E-state index contributed by atoms with van der Waals surface area (Å²) in [6.07, 6.45) is -3.56. The molecule has 0 aliphatic heterocycles. The zero-order valence-corrected chi connectivity index (χ0v) is 18.6. The predicted octanol–water partition coefficient (Wildman–Crippen LogP) is 7.22. The summed E-state index contributed by atoms with van der Waals surface area (Å²) in [5.41, 5.74) is -1.76. The second-order valence-electron chi connectivity index (χ2n) is 5.04. The number of alkyl halides is 6. The number of benzene rings is 1. The third kappa shape index (κ3) is 4.93. The number of hydrogen-bond acceptors (Lipinski definition) is 3. The fourth-order valence-corrected chi connectivity index (χ4v) is 5.68. The van der Waals surface area contributed by atoms with E-state index < -0.39 is 42.0 Å². The molecule has 14 heteroatoms. The molecule has 0 fully saturated rings. The summed E-state index contributed by atoms with van der Waals surface area (Å²) in [5.74, 6) is 0. The first kappa shape index (κ1) is 24.1. The maximum atomic E-state index is 13.8. The number of nitriles is 1. The fourth-order valence-electron chi connectivity index (χ4n) is 2.21. The van der Waals surface area contributed by atoms with Gasteiger partial charge in [-0.1, -0.05) is 58.0 Å². The van der Waals surface area contributed by atoms with E-state index in [0.29, 0.717) is 12.1 Å². The molecule has 2 rings (SSSR count). The summed E-state index contributed by atoms with van der Waals surface area (Å²) in [7, 11) is 0. The predicted molar refractivity (Wildman–Crippen MR) is 104 cm³/mol. The SMILES string of the molecule is C[S+]([O-])c1c(SC(F)(Cl)Cl)c(C#N)c(Cl)n1-c1c(Cl)cc(C(F)(F)F)cc1Cl. The molecule has 0 aliphatic rings. The van der Waals surface area contributed by atoms with Crippen molar-refractivity contribution in [3.05, 3.63) is 38.5 Å². The van der Waals surface area contributed by atoms with E-state index >= 15 is 0 Å². The lowest BCUT2D eigenvalue weighted by Gasteiger charge is -2.17. The molecule has 0 bridgehead atoms. The summed E-state index contributed by atoms with van der Waals surface area (Å²) < 4.78 is 63.0. The molecule has 152 valence electrons.